The van der Waals surface area contributed by atoms with Gasteiger partial charge < -0.3 is 15.0 Å². The molecule has 0 radical (unpaired) electrons. The summed E-state index contributed by atoms with van der Waals surface area (Å²) in [5.74, 6) is 0.694. The molecule has 0 unspecified atom stereocenters. The molecule has 0 spiro atoms. The molecule has 7 heteroatoms. The molecule has 0 bridgehead atoms. The van der Waals surface area contributed by atoms with Crippen LogP contribution in [-0.4, -0.2) is 40.6 Å². The summed E-state index contributed by atoms with van der Waals surface area (Å²) in [6.45, 7) is 3.82. The Bertz CT molecular complexity index is 687. The Morgan fingerprint density at radius 1 is 1.35 bits per heavy atom. The molecule has 2 aromatic rings. The zero-order chi connectivity index (χ0) is 16.2. The van der Waals surface area contributed by atoms with Crippen molar-refractivity contribution in [2.45, 2.75) is 6.92 Å². The number of carbonyl (C=O) groups excluding carboxylic acids is 1. The number of nitrogens with one attached hydrogen (secondary N) is 1. The number of rotatable bonds is 4. The van der Waals surface area contributed by atoms with Gasteiger partial charge in [0.15, 0.2) is 5.15 Å². The minimum atomic E-state index is -0.0901. The van der Waals surface area contributed by atoms with Gasteiger partial charge in [0.2, 0.25) is 5.88 Å². The smallest absolute Gasteiger partial charge is 0.321 e. The highest BCUT2D eigenvalue weighted by molar-refractivity contribution is 6.29. The fourth-order valence-corrected chi connectivity index (χ4v) is 2.42. The maximum absolute atomic E-state index is 12.1. The molecule has 1 aliphatic rings. The van der Waals surface area contributed by atoms with Gasteiger partial charge in [0.1, 0.15) is 0 Å². The Labute approximate surface area is 139 Å². The van der Waals surface area contributed by atoms with Crippen molar-refractivity contribution in [3.8, 4) is 5.88 Å². The first-order chi connectivity index (χ1) is 11.1. The van der Waals surface area contributed by atoms with Gasteiger partial charge in [-0.05, 0) is 19.1 Å². The Morgan fingerprint density at radius 2 is 2.09 bits per heavy atom. The summed E-state index contributed by atoms with van der Waals surface area (Å²) in [4.78, 5) is 21.7. The van der Waals surface area contributed by atoms with Gasteiger partial charge in [0, 0.05) is 24.7 Å². The Kier molecular flexibility index (Phi) is 4.62. The monoisotopic (exact) mass is 332 g/mol. The maximum Gasteiger partial charge on any atom is 0.321 e. The minimum Gasteiger partial charge on any atom is -0.476 e. The Hall–Kier alpha value is -2.34. The highest BCUT2D eigenvalue weighted by atomic mass is 35.5. The number of aromatic nitrogens is 2. The molecule has 1 aliphatic heterocycles. The topological polar surface area (TPSA) is 67.4 Å². The van der Waals surface area contributed by atoms with Crippen molar-refractivity contribution in [3.05, 3.63) is 47.4 Å². The standard InChI is InChI=1S/C16H17ClN4O2/c1-11-2-4-13(5-3-11)19-16(22)21-8-12(9-21)10-23-15-7-18-6-14(17)20-15/h2-7,12H,8-10H2,1H3,(H,19,22). The molecule has 1 aromatic carbocycles. The lowest BCUT2D eigenvalue weighted by Crippen LogP contribution is -2.53. The molecule has 2 amide bonds. The third-order valence-corrected chi connectivity index (χ3v) is 3.78. The van der Waals surface area contributed by atoms with Crippen molar-refractivity contribution < 1.29 is 9.53 Å². The molecule has 0 atom stereocenters. The van der Waals surface area contributed by atoms with Crippen LogP contribution in [0.3, 0.4) is 0 Å². The van der Waals surface area contributed by atoms with Crippen LogP contribution in [0.4, 0.5) is 10.5 Å². The summed E-state index contributed by atoms with van der Waals surface area (Å²) in [7, 11) is 0. The third kappa shape index (κ3) is 4.10. The molecule has 6 nitrogen and oxygen atoms in total. The van der Waals surface area contributed by atoms with E-state index in [2.05, 4.69) is 15.3 Å². The van der Waals surface area contributed by atoms with Gasteiger partial charge in [-0.1, -0.05) is 29.3 Å². The zero-order valence-corrected chi connectivity index (χ0v) is 13.5. The number of likely N-dealkylation sites (tertiary alicyclic amines) is 1. The fourth-order valence-electron chi connectivity index (χ4n) is 2.28. The Balaban J connectivity index is 1.42. The molecular formula is C16H17ClN4O2. The SMILES string of the molecule is Cc1ccc(NC(=O)N2CC(COc3cncc(Cl)n3)C2)cc1. The van der Waals surface area contributed by atoms with Crippen LogP contribution in [0.25, 0.3) is 0 Å². The highest BCUT2D eigenvalue weighted by Crippen LogP contribution is 2.19. The van der Waals surface area contributed by atoms with Crippen LogP contribution in [0.1, 0.15) is 5.56 Å². The number of amides is 2. The van der Waals surface area contributed by atoms with Crippen LogP contribution in [0, 0.1) is 12.8 Å². The number of nitrogens with zero attached hydrogens (tertiary/aromatic N) is 3. The number of halogens is 1. The first-order valence-corrected chi connectivity index (χ1v) is 7.71. The predicted molar refractivity (Wildman–Crippen MR) is 87.8 cm³/mol. The lowest BCUT2D eigenvalue weighted by Gasteiger charge is -2.38. The second kappa shape index (κ2) is 6.83. The van der Waals surface area contributed by atoms with Crippen LogP contribution in [-0.2, 0) is 0 Å². The van der Waals surface area contributed by atoms with Gasteiger partial charge in [0.05, 0.1) is 19.0 Å². The molecule has 23 heavy (non-hydrogen) atoms. The number of benzene rings is 1. The van der Waals surface area contributed by atoms with Gasteiger partial charge in [0.25, 0.3) is 0 Å². The summed E-state index contributed by atoms with van der Waals surface area (Å²) < 4.78 is 5.53. The first kappa shape index (κ1) is 15.6. The lowest BCUT2D eigenvalue weighted by atomic mass is 10.0. The molecule has 0 aliphatic carbocycles. The van der Waals surface area contributed by atoms with Crippen LogP contribution in [0.5, 0.6) is 5.88 Å². The summed E-state index contributed by atoms with van der Waals surface area (Å²) in [6.07, 6.45) is 2.97. The summed E-state index contributed by atoms with van der Waals surface area (Å²) >= 11 is 5.74. The molecule has 3 rings (SSSR count). The van der Waals surface area contributed by atoms with Gasteiger partial charge >= 0.3 is 6.03 Å². The minimum absolute atomic E-state index is 0.0901. The van der Waals surface area contributed by atoms with E-state index in [1.165, 1.54) is 12.4 Å². The number of aryl methyl sites for hydroxylation is 1. The molecule has 0 saturated carbocycles. The second-order valence-corrected chi connectivity index (χ2v) is 5.95. The quantitative estimate of drug-likeness (QED) is 0.934. The molecule has 120 valence electrons. The summed E-state index contributed by atoms with van der Waals surface area (Å²) in [5.41, 5.74) is 1.96. The van der Waals surface area contributed by atoms with Crippen LogP contribution in [0.15, 0.2) is 36.7 Å². The molecule has 1 N–H and O–H groups in total. The summed E-state index contributed by atoms with van der Waals surface area (Å²) in [6, 6.07) is 7.63. The molecule has 1 saturated heterocycles. The largest absolute Gasteiger partial charge is 0.476 e. The highest BCUT2D eigenvalue weighted by Gasteiger charge is 2.31. The van der Waals surface area contributed by atoms with Crippen molar-refractivity contribution in [2.75, 3.05) is 25.0 Å². The van der Waals surface area contributed by atoms with E-state index in [4.69, 9.17) is 16.3 Å². The van der Waals surface area contributed by atoms with Gasteiger partial charge in [-0.3, -0.25) is 4.98 Å². The number of urea groups is 1. The van der Waals surface area contributed by atoms with Crippen LogP contribution < -0.4 is 10.1 Å². The van der Waals surface area contributed by atoms with Crippen LogP contribution in [0.2, 0.25) is 5.15 Å². The number of hydrogen-bond acceptors (Lipinski definition) is 4. The van der Waals surface area contributed by atoms with Crippen molar-refractivity contribution >= 4 is 23.3 Å². The van der Waals surface area contributed by atoms with E-state index in [0.717, 1.165) is 11.3 Å². The van der Waals surface area contributed by atoms with Crippen LogP contribution >= 0.6 is 11.6 Å². The van der Waals surface area contributed by atoms with E-state index in [1.54, 1.807) is 4.90 Å². The van der Waals surface area contributed by atoms with E-state index >= 15 is 0 Å². The lowest BCUT2D eigenvalue weighted by molar-refractivity contribution is 0.0906. The van der Waals surface area contributed by atoms with Crippen molar-refractivity contribution in [2.24, 2.45) is 5.92 Å². The number of anilines is 1. The molecule has 2 heterocycles. The van der Waals surface area contributed by atoms with Crippen molar-refractivity contribution in [3.63, 3.8) is 0 Å². The Morgan fingerprint density at radius 3 is 2.78 bits per heavy atom. The van der Waals surface area contributed by atoms with Crippen molar-refractivity contribution in [1.29, 1.82) is 0 Å². The third-order valence-electron chi connectivity index (χ3n) is 3.60. The normalized spacial score (nSPS) is 14.3. The number of carbonyl (C=O) groups is 1. The van der Waals surface area contributed by atoms with E-state index in [-0.39, 0.29) is 6.03 Å². The predicted octanol–water partition coefficient (Wildman–Crippen LogP) is 2.98. The number of ether oxygens (including phenoxy) is 1. The van der Waals surface area contributed by atoms with Crippen molar-refractivity contribution in [1.82, 2.24) is 14.9 Å². The van der Waals surface area contributed by atoms with E-state index in [9.17, 15) is 4.79 Å². The second-order valence-electron chi connectivity index (χ2n) is 5.56. The van der Waals surface area contributed by atoms with Gasteiger partial charge in [-0.2, -0.15) is 4.98 Å². The fraction of sp³-hybridized carbons (Fsp3) is 0.312. The maximum atomic E-state index is 12.1. The zero-order valence-electron chi connectivity index (χ0n) is 12.7. The van der Waals surface area contributed by atoms with E-state index in [0.29, 0.717) is 36.6 Å². The summed E-state index contributed by atoms with van der Waals surface area (Å²) in [5, 5.41) is 3.18. The van der Waals surface area contributed by atoms with E-state index in [1.807, 2.05) is 31.2 Å². The van der Waals surface area contributed by atoms with Gasteiger partial charge in [-0.15, -0.1) is 0 Å². The van der Waals surface area contributed by atoms with E-state index < -0.39 is 0 Å². The molecule has 1 fully saturated rings. The number of hydrogen-bond donors (Lipinski definition) is 1. The average Bonchev–Trinajstić information content (AvgIpc) is 2.48. The first-order valence-electron chi connectivity index (χ1n) is 7.33. The van der Waals surface area contributed by atoms with Gasteiger partial charge in [-0.25, -0.2) is 4.79 Å². The molecule has 1 aromatic heterocycles. The average molecular weight is 333 g/mol. The molecular weight excluding hydrogens is 316 g/mol.